The predicted octanol–water partition coefficient (Wildman–Crippen LogP) is 4.35. The van der Waals surface area contributed by atoms with E-state index in [1.54, 1.807) is 6.33 Å². The van der Waals surface area contributed by atoms with Crippen LogP contribution in [0.2, 0.25) is 0 Å². The average Bonchev–Trinajstić information content (AvgIpc) is 3.34. The lowest BCUT2D eigenvalue weighted by atomic mass is 9.80. The van der Waals surface area contributed by atoms with Gasteiger partial charge in [0.25, 0.3) is 0 Å². The Bertz CT molecular complexity index is 1070. The highest BCUT2D eigenvalue weighted by Crippen LogP contribution is 2.59. The summed E-state index contributed by atoms with van der Waals surface area (Å²) in [6, 6.07) is 6.13. The normalized spacial score (nSPS) is 19.1. The first-order valence-electron chi connectivity index (χ1n) is 8.99. The molecule has 6 heteroatoms. The Balaban J connectivity index is 1.25. The highest BCUT2D eigenvalue weighted by Gasteiger charge is 2.39. The molecule has 0 spiro atoms. The number of rotatable bonds is 4. The first-order valence-corrected chi connectivity index (χ1v) is 9.80. The molecule has 1 aromatic carbocycles. The summed E-state index contributed by atoms with van der Waals surface area (Å²) in [7, 11) is 0. The summed E-state index contributed by atoms with van der Waals surface area (Å²) in [5.74, 6) is 3.28. The van der Waals surface area contributed by atoms with Crippen LogP contribution in [0.3, 0.4) is 0 Å². The Morgan fingerprint density at radius 2 is 2.15 bits per heavy atom. The number of nitrogens with zero attached hydrogens (tertiary/aromatic N) is 2. The fraction of sp³-hybridized carbons (Fsp3) is 0.300. The Kier molecular flexibility index (Phi) is 3.05. The lowest BCUT2D eigenvalue weighted by Crippen LogP contribution is -2.11. The average molecular weight is 363 g/mol. The number of hydrogen-bond donors (Lipinski definition) is 1. The Labute approximate surface area is 154 Å². The molecule has 1 atom stereocenters. The van der Waals surface area contributed by atoms with E-state index in [0.717, 1.165) is 35.1 Å². The van der Waals surface area contributed by atoms with Gasteiger partial charge < -0.3 is 14.8 Å². The van der Waals surface area contributed by atoms with E-state index in [0.29, 0.717) is 12.7 Å². The van der Waals surface area contributed by atoms with Crippen molar-refractivity contribution in [3.05, 3.63) is 46.6 Å². The second-order valence-electron chi connectivity index (χ2n) is 6.90. The predicted molar refractivity (Wildman–Crippen MR) is 102 cm³/mol. The second kappa shape index (κ2) is 5.45. The molecule has 2 aliphatic carbocycles. The minimum Gasteiger partial charge on any atom is -0.454 e. The maximum Gasteiger partial charge on any atom is 0.231 e. The van der Waals surface area contributed by atoms with Crippen molar-refractivity contribution in [3.63, 3.8) is 0 Å². The summed E-state index contributed by atoms with van der Waals surface area (Å²) in [6.07, 6.45) is 7.42. The van der Waals surface area contributed by atoms with Gasteiger partial charge in [0.2, 0.25) is 6.79 Å². The highest BCUT2D eigenvalue weighted by molar-refractivity contribution is 7.19. The van der Waals surface area contributed by atoms with Crippen molar-refractivity contribution in [3.8, 4) is 11.5 Å². The molecule has 0 amide bonds. The van der Waals surface area contributed by atoms with Crippen LogP contribution in [0.5, 0.6) is 11.5 Å². The van der Waals surface area contributed by atoms with Crippen molar-refractivity contribution >= 4 is 32.9 Å². The van der Waals surface area contributed by atoms with Crippen LogP contribution < -0.4 is 14.8 Å². The van der Waals surface area contributed by atoms with E-state index < -0.39 is 0 Å². The molecule has 0 saturated carbocycles. The van der Waals surface area contributed by atoms with Crippen molar-refractivity contribution in [1.29, 1.82) is 0 Å². The second-order valence-corrected chi connectivity index (χ2v) is 7.93. The third-order valence-corrected chi connectivity index (χ3v) is 6.67. The van der Waals surface area contributed by atoms with E-state index in [4.69, 9.17) is 9.47 Å². The topological polar surface area (TPSA) is 56.3 Å². The van der Waals surface area contributed by atoms with Gasteiger partial charge in [0.05, 0.1) is 5.39 Å². The van der Waals surface area contributed by atoms with Crippen LogP contribution >= 0.6 is 11.3 Å². The molecular weight excluding hydrogens is 346 g/mol. The molecule has 1 aliphatic heterocycles. The van der Waals surface area contributed by atoms with Gasteiger partial charge in [-0.3, -0.25) is 0 Å². The fourth-order valence-corrected chi connectivity index (χ4v) is 5.53. The molecule has 26 heavy (non-hydrogen) atoms. The van der Waals surface area contributed by atoms with Gasteiger partial charge in [-0.1, -0.05) is 12.1 Å². The van der Waals surface area contributed by atoms with E-state index in [2.05, 4.69) is 33.5 Å². The summed E-state index contributed by atoms with van der Waals surface area (Å²) in [4.78, 5) is 11.6. The summed E-state index contributed by atoms with van der Waals surface area (Å²) in [5, 5.41) is 4.74. The smallest absolute Gasteiger partial charge is 0.231 e. The van der Waals surface area contributed by atoms with Gasteiger partial charge in [-0.05, 0) is 42.5 Å². The zero-order valence-electron chi connectivity index (χ0n) is 14.1. The number of aromatic nitrogens is 2. The van der Waals surface area contributed by atoms with E-state index in [9.17, 15) is 0 Å². The molecule has 2 aromatic heterocycles. The first kappa shape index (κ1) is 14.6. The van der Waals surface area contributed by atoms with Crippen LogP contribution in [0, 0.1) is 0 Å². The first-order chi connectivity index (χ1) is 12.9. The van der Waals surface area contributed by atoms with E-state index in [-0.39, 0.29) is 0 Å². The quantitative estimate of drug-likeness (QED) is 0.747. The molecule has 3 aromatic rings. The molecular formula is C20H17N3O2S. The standard InChI is InChI=1S/C20H17N3O2S/c1-2-12-13(3-1)18-16(12)17-19(22-9-23-20(17)26-18)21-7-6-11-4-5-14-15(8-11)25-10-24-14/h2,4-5,8-9,13H,1,3,6-7,10H2,(H,21,22,23). The molecule has 3 aliphatic rings. The number of anilines is 1. The van der Waals surface area contributed by atoms with Crippen LogP contribution in [0.25, 0.3) is 15.8 Å². The van der Waals surface area contributed by atoms with Crippen molar-refractivity contribution in [2.24, 2.45) is 0 Å². The molecule has 0 saturated heterocycles. The van der Waals surface area contributed by atoms with Gasteiger partial charge in [-0.2, -0.15) is 0 Å². The van der Waals surface area contributed by atoms with E-state index >= 15 is 0 Å². The summed E-state index contributed by atoms with van der Waals surface area (Å²) >= 11 is 1.84. The number of ether oxygens (including phenoxy) is 2. The SMILES string of the molecule is C1=C2c3c(sc4ncnc(NCCc5ccc6c(c5)OCO6)c34)C2CC1. The highest BCUT2D eigenvalue weighted by atomic mass is 32.1. The van der Waals surface area contributed by atoms with Gasteiger partial charge >= 0.3 is 0 Å². The molecule has 3 heterocycles. The van der Waals surface area contributed by atoms with Crippen LogP contribution in [-0.4, -0.2) is 23.3 Å². The van der Waals surface area contributed by atoms with Crippen molar-refractivity contribution in [2.75, 3.05) is 18.7 Å². The summed E-state index contributed by atoms with van der Waals surface area (Å²) < 4.78 is 10.8. The lowest BCUT2D eigenvalue weighted by molar-refractivity contribution is 0.174. The molecule has 0 bridgehead atoms. The molecule has 5 nitrogen and oxygen atoms in total. The maximum absolute atomic E-state index is 5.46. The number of hydrogen-bond acceptors (Lipinski definition) is 6. The van der Waals surface area contributed by atoms with Crippen molar-refractivity contribution < 1.29 is 9.47 Å². The zero-order chi connectivity index (χ0) is 17.1. The van der Waals surface area contributed by atoms with Crippen LogP contribution in [0.15, 0.2) is 30.6 Å². The van der Waals surface area contributed by atoms with Gasteiger partial charge in [0.1, 0.15) is 17.0 Å². The minimum atomic E-state index is 0.316. The third kappa shape index (κ3) is 2.02. The van der Waals surface area contributed by atoms with Crippen molar-refractivity contribution in [2.45, 2.75) is 25.2 Å². The molecule has 1 N–H and O–H groups in total. The number of fused-ring (bicyclic) bond motifs is 7. The maximum atomic E-state index is 5.46. The molecule has 6 rings (SSSR count). The molecule has 0 fully saturated rings. The van der Waals surface area contributed by atoms with E-state index in [1.165, 1.54) is 39.8 Å². The minimum absolute atomic E-state index is 0.316. The fourth-order valence-electron chi connectivity index (χ4n) is 4.21. The third-order valence-electron chi connectivity index (χ3n) is 5.46. The molecule has 0 radical (unpaired) electrons. The summed E-state index contributed by atoms with van der Waals surface area (Å²) in [5.41, 5.74) is 4.14. The number of benzene rings is 1. The zero-order valence-corrected chi connectivity index (χ0v) is 14.9. The van der Waals surface area contributed by atoms with Gasteiger partial charge in [0, 0.05) is 22.9 Å². The van der Waals surface area contributed by atoms with Gasteiger partial charge in [-0.25, -0.2) is 9.97 Å². The van der Waals surface area contributed by atoms with Crippen LogP contribution in [-0.2, 0) is 6.42 Å². The lowest BCUT2D eigenvalue weighted by Gasteiger charge is -2.26. The number of thiophene rings is 1. The van der Waals surface area contributed by atoms with Gasteiger partial charge in [0.15, 0.2) is 11.5 Å². The molecule has 130 valence electrons. The van der Waals surface area contributed by atoms with Gasteiger partial charge in [-0.15, -0.1) is 11.3 Å². The van der Waals surface area contributed by atoms with Crippen LogP contribution in [0.4, 0.5) is 5.82 Å². The van der Waals surface area contributed by atoms with Crippen molar-refractivity contribution in [1.82, 2.24) is 9.97 Å². The summed E-state index contributed by atoms with van der Waals surface area (Å²) in [6.45, 7) is 1.13. The Morgan fingerprint density at radius 3 is 3.15 bits per heavy atom. The number of allylic oxidation sites excluding steroid dienone is 2. The largest absolute Gasteiger partial charge is 0.454 e. The number of nitrogens with one attached hydrogen (secondary N) is 1. The van der Waals surface area contributed by atoms with Crippen LogP contribution in [0.1, 0.15) is 34.8 Å². The Hall–Kier alpha value is -2.60. The van der Waals surface area contributed by atoms with E-state index in [1.807, 2.05) is 17.4 Å². The molecule has 1 unspecified atom stereocenters. The monoisotopic (exact) mass is 363 g/mol. The Morgan fingerprint density at radius 1 is 1.19 bits per heavy atom.